The molecule has 0 unspecified atom stereocenters. The normalized spacial score (nSPS) is 15.9. The third-order valence-electron chi connectivity index (χ3n) is 5.47. The topological polar surface area (TPSA) is 41.4 Å². The number of nitrogens with zero attached hydrogens (tertiary/aromatic N) is 4. The van der Waals surface area contributed by atoms with E-state index in [0.717, 1.165) is 24.1 Å². The molecule has 0 fully saturated rings. The van der Waals surface area contributed by atoms with Crippen LogP contribution in [0.3, 0.4) is 0 Å². The Morgan fingerprint density at radius 2 is 1.89 bits per heavy atom. The summed E-state index contributed by atoms with van der Waals surface area (Å²) in [6, 6.07) is 18.8. The molecule has 144 valence electrons. The number of anilines is 1. The zero-order valence-corrected chi connectivity index (χ0v) is 16.5. The van der Waals surface area contributed by atoms with Crippen molar-refractivity contribution in [2.24, 2.45) is 0 Å². The number of hydrogen-bond donors (Lipinski definition) is 0. The predicted octanol–water partition coefficient (Wildman–Crippen LogP) is 3.67. The molecule has 4 rings (SSSR count). The average molecular weight is 374 g/mol. The largest absolute Gasteiger partial charge is 0.359 e. The van der Waals surface area contributed by atoms with Crippen molar-refractivity contribution in [2.45, 2.75) is 32.4 Å². The lowest BCUT2D eigenvalue weighted by Gasteiger charge is -2.37. The fourth-order valence-corrected chi connectivity index (χ4v) is 3.79. The number of likely N-dealkylation sites (N-methyl/N-ethyl adjacent to an activating group) is 1. The molecule has 0 saturated carbocycles. The van der Waals surface area contributed by atoms with Crippen LogP contribution in [-0.2, 0) is 17.8 Å². The fraction of sp³-hybridized carbons (Fsp3) is 0.304. The van der Waals surface area contributed by atoms with Gasteiger partial charge in [0.2, 0.25) is 5.91 Å². The predicted molar refractivity (Wildman–Crippen MR) is 112 cm³/mol. The SMILES string of the molecule is C[C@@H]1CCc2ccccc2N1CC(=O)N(C)Cc1cnn(-c2ccccc2)c1. The molecule has 0 aliphatic carbocycles. The van der Waals surface area contributed by atoms with Crippen LogP contribution < -0.4 is 4.90 Å². The van der Waals surface area contributed by atoms with Crippen molar-refractivity contribution in [2.75, 3.05) is 18.5 Å². The van der Waals surface area contributed by atoms with Gasteiger partial charge in [0.15, 0.2) is 0 Å². The smallest absolute Gasteiger partial charge is 0.242 e. The van der Waals surface area contributed by atoms with Crippen molar-refractivity contribution < 1.29 is 4.79 Å². The van der Waals surface area contributed by atoms with Gasteiger partial charge in [-0.3, -0.25) is 4.79 Å². The minimum absolute atomic E-state index is 0.121. The molecule has 0 saturated heterocycles. The highest BCUT2D eigenvalue weighted by Gasteiger charge is 2.25. The van der Waals surface area contributed by atoms with Crippen LogP contribution in [-0.4, -0.2) is 40.2 Å². The second kappa shape index (κ2) is 7.89. The Hall–Kier alpha value is -3.08. The molecule has 0 spiro atoms. The maximum absolute atomic E-state index is 12.9. The number of para-hydroxylation sites is 2. The molecule has 1 aliphatic rings. The van der Waals surface area contributed by atoms with Crippen LogP contribution >= 0.6 is 0 Å². The summed E-state index contributed by atoms with van der Waals surface area (Å²) in [5, 5.41) is 4.42. The van der Waals surface area contributed by atoms with Gasteiger partial charge in [0.25, 0.3) is 0 Å². The molecule has 5 nitrogen and oxygen atoms in total. The van der Waals surface area contributed by atoms with E-state index in [0.29, 0.717) is 19.1 Å². The van der Waals surface area contributed by atoms with Gasteiger partial charge < -0.3 is 9.80 Å². The number of benzene rings is 2. The molecule has 1 aliphatic heterocycles. The minimum atomic E-state index is 0.121. The Balaban J connectivity index is 1.43. The van der Waals surface area contributed by atoms with E-state index >= 15 is 0 Å². The molecule has 1 amide bonds. The number of aromatic nitrogens is 2. The van der Waals surface area contributed by atoms with Crippen molar-refractivity contribution in [1.29, 1.82) is 0 Å². The Bertz CT molecular complexity index is 950. The lowest BCUT2D eigenvalue weighted by atomic mass is 9.96. The van der Waals surface area contributed by atoms with Gasteiger partial charge in [0.1, 0.15) is 0 Å². The van der Waals surface area contributed by atoms with E-state index in [4.69, 9.17) is 0 Å². The van der Waals surface area contributed by atoms with Gasteiger partial charge in [0.05, 0.1) is 18.4 Å². The van der Waals surface area contributed by atoms with Crippen molar-refractivity contribution in [3.05, 3.63) is 78.1 Å². The second-order valence-electron chi connectivity index (χ2n) is 7.52. The maximum Gasteiger partial charge on any atom is 0.242 e. The van der Waals surface area contributed by atoms with Gasteiger partial charge in [-0.2, -0.15) is 5.10 Å². The van der Waals surface area contributed by atoms with Crippen LogP contribution in [0, 0.1) is 0 Å². The Kier molecular flexibility index (Phi) is 5.15. The molecule has 0 bridgehead atoms. The molecule has 2 aromatic carbocycles. The first-order chi connectivity index (χ1) is 13.6. The number of carbonyl (C=O) groups excluding carboxylic acids is 1. The summed E-state index contributed by atoms with van der Waals surface area (Å²) in [6.45, 7) is 3.16. The van der Waals surface area contributed by atoms with Gasteiger partial charge in [-0.25, -0.2) is 4.68 Å². The highest BCUT2D eigenvalue weighted by Crippen LogP contribution is 2.30. The monoisotopic (exact) mass is 374 g/mol. The van der Waals surface area contributed by atoms with E-state index in [-0.39, 0.29) is 5.91 Å². The summed E-state index contributed by atoms with van der Waals surface area (Å²) in [5.74, 6) is 0.121. The summed E-state index contributed by atoms with van der Waals surface area (Å²) in [6.07, 6.45) is 5.97. The van der Waals surface area contributed by atoms with E-state index in [9.17, 15) is 4.79 Å². The first-order valence-corrected chi connectivity index (χ1v) is 9.79. The summed E-state index contributed by atoms with van der Waals surface area (Å²) >= 11 is 0. The maximum atomic E-state index is 12.9. The lowest BCUT2D eigenvalue weighted by Crippen LogP contribution is -2.44. The lowest BCUT2D eigenvalue weighted by molar-refractivity contribution is -0.129. The van der Waals surface area contributed by atoms with Gasteiger partial charge in [-0.05, 0) is 43.5 Å². The number of hydrogen-bond acceptors (Lipinski definition) is 3. The Morgan fingerprint density at radius 1 is 1.14 bits per heavy atom. The molecule has 3 aromatic rings. The zero-order valence-electron chi connectivity index (χ0n) is 16.5. The van der Waals surface area contributed by atoms with Crippen LogP contribution in [0.2, 0.25) is 0 Å². The standard InChI is InChI=1S/C23H26N4O/c1-18-12-13-20-8-6-7-11-22(20)26(18)17-23(28)25(2)15-19-14-24-27(16-19)21-9-4-3-5-10-21/h3-11,14,16,18H,12-13,15,17H2,1-2H3/t18-/m1/s1. The number of amides is 1. The van der Waals surface area contributed by atoms with Crippen molar-refractivity contribution in [3.63, 3.8) is 0 Å². The summed E-state index contributed by atoms with van der Waals surface area (Å²) in [7, 11) is 1.86. The van der Waals surface area contributed by atoms with Crippen LogP contribution in [0.15, 0.2) is 67.0 Å². The Labute approximate surface area is 166 Å². The second-order valence-corrected chi connectivity index (χ2v) is 7.52. The minimum Gasteiger partial charge on any atom is -0.359 e. The third kappa shape index (κ3) is 3.79. The average Bonchev–Trinajstić information content (AvgIpc) is 3.19. The van der Waals surface area contributed by atoms with Gasteiger partial charge in [0, 0.05) is 37.1 Å². The van der Waals surface area contributed by atoms with Gasteiger partial charge in [-0.15, -0.1) is 0 Å². The first-order valence-electron chi connectivity index (χ1n) is 9.79. The molecule has 0 N–H and O–H groups in total. The van der Waals surface area contributed by atoms with Crippen molar-refractivity contribution in [3.8, 4) is 5.69 Å². The van der Waals surface area contributed by atoms with Crippen molar-refractivity contribution >= 4 is 11.6 Å². The molecule has 1 aromatic heterocycles. The molecule has 1 atom stereocenters. The van der Waals surface area contributed by atoms with E-state index in [1.807, 2.05) is 54.5 Å². The summed E-state index contributed by atoms with van der Waals surface area (Å²) in [5.41, 5.74) is 4.56. The summed E-state index contributed by atoms with van der Waals surface area (Å²) in [4.78, 5) is 16.9. The van der Waals surface area contributed by atoms with E-state index in [1.54, 1.807) is 4.90 Å². The molecular weight excluding hydrogens is 348 g/mol. The zero-order chi connectivity index (χ0) is 19.5. The molecule has 2 heterocycles. The van der Waals surface area contributed by atoms with Crippen LogP contribution in [0.5, 0.6) is 0 Å². The molecule has 28 heavy (non-hydrogen) atoms. The summed E-state index contributed by atoms with van der Waals surface area (Å²) < 4.78 is 1.84. The fourth-order valence-electron chi connectivity index (χ4n) is 3.79. The quantitative estimate of drug-likeness (QED) is 0.684. The highest BCUT2D eigenvalue weighted by molar-refractivity contribution is 5.82. The van der Waals surface area contributed by atoms with Crippen molar-refractivity contribution in [1.82, 2.24) is 14.7 Å². The van der Waals surface area contributed by atoms with Gasteiger partial charge in [-0.1, -0.05) is 36.4 Å². The third-order valence-corrected chi connectivity index (χ3v) is 5.47. The van der Waals surface area contributed by atoms with Crippen LogP contribution in [0.25, 0.3) is 5.69 Å². The van der Waals surface area contributed by atoms with E-state index in [2.05, 4.69) is 41.2 Å². The molecule has 0 radical (unpaired) electrons. The van der Waals surface area contributed by atoms with Crippen LogP contribution in [0.1, 0.15) is 24.5 Å². The number of rotatable bonds is 5. The number of aryl methyl sites for hydroxylation is 1. The molecular formula is C23H26N4O. The van der Waals surface area contributed by atoms with E-state index in [1.165, 1.54) is 11.3 Å². The van der Waals surface area contributed by atoms with E-state index < -0.39 is 0 Å². The van der Waals surface area contributed by atoms with Crippen LogP contribution in [0.4, 0.5) is 5.69 Å². The molecule has 5 heteroatoms. The first kappa shape index (κ1) is 18.3. The highest BCUT2D eigenvalue weighted by atomic mass is 16.2. The number of fused-ring (bicyclic) bond motifs is 1. The Morgan fingerprint density at radius 3 is 2.71 bits per heavy atom. The number of carbonyl (C=O) groups is 1. The van der Waals surface area contributed by atoms with Gasteiger partial charge >= 0.3 is 0 Å².